The maximum absolute atomic E-state index is 12.4. The molecule has 0 spiro atoms. The summed E-state index contributed by atoms with van der Waals surface area (Å²) in [7, 11) is 0. The highest BCUT2D eigenvalue weighted by Gasteiger charge is 2.12. The molecule has 130 valence electrons. The number of aliphatic hydroxyl groups excluding tert-OH is 1. The van der Waals surface area contributed by atoms with Crippen LogP contribution >= 0.6 is 15.9 Å². The van der Waals surface area contributed by atoms with E-state index in [1.54, 1.807) is 24.3 Å². The van der Waals surface area contributed by atoms with E-state index < -0.39 is 6.10 Å². The van der Waals surface area contributed by atoms with E-state index in [1.165, 1.54) is 17.2 Å². The van der Waals surface area contributed by atoms with E-state index in [0.717, 1.165) is 4.47 Å². The van der Waals surface area contributed by atoms with Crippen LogP contribution in [0.15, 0.2) is 56.6 Å². The molecule has 0 aliphatic rings. The third-order valence-electron chi connectivity index (χ3n) is 3.73. The van der Waals surface area contributed by atoms with Crippen LogP contribution in [0.25, 0.3) is 10.9 Å². The van der Waals surface area contributed by atoms with Crippen LogP contribution in [0.3, 0.4) is 0 Å². The van der Waals surface area contributed by atoms with E-state index in [-0.39, 0.29) is 31.0 Å². The van der Waals surface area contributed by atoms with Gasteiger partial charge in [-0.1, -0.05) is 15.9 Å². The van der Waals surface area contributed by atoms with E-state index in [2.05, 4.69) is 26.2 Å². The number of aromatic nitrogens is 2. The molecule has 3 rings (SSSR count). The molecular weight excluding hydrogens is 390 g/mol. The van der Waals surface area contributed by atoms with E-state index in [4.69, 9.17) is 4.42 Å². The van der Waals surface area contributed by atoms with Gasteiger partial charge in [0.15, 0.2) is 0 Å². The van der Waals surface area contributed by atoms with Gasteiger partial charge in [0.2, 0.25) is 5.91 Å². The van der Waals surface area contributed by atoms with Gasteiger partial charge in [0.05, 0.1) is 30.0 Å². The van der Waals surface area contributed by atoms with E-state index in [0.29, 0.717) is 16.7 Å². The zero-order valence-electron chi connectivity index (χ0n) is 13.2. The highest BCUT2D eigenvalue weighted by atomic mass is 79.9. The molecule has 0 bridgehead atoms. The van der Waals surface area contributed by atoms with Crippen LogP contribution < -0.4 is 10.9 Å². The Morgan fingerprint density at radius 2 is 2.24 bits per heavy atom. The molecule has 25 heavy (non-hydrogen) atoms. The molecule has 3 aromatic rings. The molecule has 0 aliphatic heterocycles. The molecule has 0 aliphatic carbocycles. The summed E-state index contributed by atoms with van der Waals surface area (Å²) in [5.74, 6) is 0.118. The normalized spacial score (nSPS) is 12.2. The van der Waals surface area contributed by atoms with Crippen LogP contribution in [-0.2, 0) is 11.3 Å². The van der Waals surface area contributed by atoms with Crippen LogP contribution in [0.1, 0.15) is 18.3 Å². The number of aliphatic hydroxyl groups is 1. The third kappa shape index (κ3) is 4.15. The van der Waals surface area contributed by atoms with Crippen molar-refractivity contribution in [2.75, 3.05) is 6.54 Å². The molecule has 8 heteroatoms. The van der Waals surface area contributed by atoms with Gasteiger partial charge in [-0.15, -0.1) is 0 Å². The molecule has 0 radical (unpaired) electrons. The van der Waals surface area contributed by atoms with Crippen molar-refractivity contribution >= 4 is 32.7 Å². The highest BCUT2D eigenvalue weighted by molar-refractivity contribution is 9.10. The fraction of sp³-hybridized carbons (Fsp3) is 0.235. The van der Waals surface area contributed by atoms with Gasteiger partial charge in [0.1, 0.15) is 11.9 Å². The highest BCUT2D eigenvalue weighted by Crippen LogP contribution is 2.15. The molecule has 7 nitrogen and oxygen atoms in total. The van der Waals surface area contributed by atoms with Gasteiger partial charge >= 0.3 is 0 Å². The van der Waals surface area contributed by atoms with E-state index in [9.17, 15) is 14.7 Å². The summed E-state index contributed by atoms with van der Waals surface area (Å²) < 4.78 is 7.26. The summed E-state index contributed by atoms with van der Waals surface area (Å²) in [6.07, 6.45) is 2.09. The molecule has 2 heterocycles. The molecule has 1 amide bonds. The number of halogens is 1. The number of hydrogen-bond donors (Lipinski definition) is 2. The Morgan fingerprint density at radius 3 is 3.00 bits per heavy atom. The molecule has 0 fully saturated rings. The first-order valence-corrected chi connectivity index (χ1v) is 8.47. The molecule has 1 unspecified atom stereocenters. The van der Waals surface area contributed by atoms with Crippen molar-refractivity contribution in [1.29, 1.82) is 0 Å². The minimum Gasteiger partial charge on any atom is -0.467 e. The number of aryl methyl sites for hydroxylation is 1. The lowest BCUT2D eigenvalue weighted by atomic mass is 10.2. The number of benzene rings is 1. The second kappa shape index (κ2) is 7.62. The maximum atomic E-state index is 12.4. The average molecular weight is 406 g/mol. The maximum Gasteiger partial charge on any atom is 0.261 e. The quantitative estimate of drug-likeness (QED) is 0.653. The Labute approximate surface area is 151 Å². The summed E-state index contributed by atoms with van der Waals surface area (Å²) in [5.41, 5.74) is 0.408. The molecule has 2 aromatic heterocycles. The molecule has 0 saturated carbocycles. The summed E-state index contributed by atoms with van der Waals surface area (Å²) in [6, 6.07) is 8.58. The van der Waals surface area contributed by atoms with Crippen molar-refractivity contribution in [3.8, 4) is 0 Å². The topological polar surface area (TPSA) is 97.4 Å². The van der Waals surface area contributed by atoms with Gasteiger partial charge in [0.25, 0.3) is 5.56 Å². The van der Waals surface area contributed by atoms with Crippen LogP contribution in [0, 0.1) is 0 Å². The minimum absolute atomic E-state index is 0.0458. The first-order chi connectivity index (χ1) is 12.0. The number of carbonyl (C=O) groups is 1. The number of rotatable bonds is 6. The van der Waals surface area contributed by atoms with Crippen LogP contribution in [-0.4, -0.2) is 27.1 Å². The van der Waals surface area contributed by atoms with E-state index in [1.807, 2.05) is 6.07 Å². The minimum atomic E-state index is -0.902. The number of carbonyl (C=O) groups excluding carboxylic acids is 1. The van der Waals surface area contributed by atoms with Crippen LogP contribution in [0.2, 0.25) is 0 Å². The molecular formula is C17H16BrN3O4. The number of fused-ring (bicyclic) bond motifs is 1. The largest absolute Gasteiger partial charge is 0.467 e. The SMILES string of the molecule is O=C(CCn1cnc2ccc(Br)cc2c1=O)NCC(O)c1ccco1. The summed E-state index contributed by atoms with van der Waals surface area (Å²) in [6.45, 7) is 0.251. The van der Waals surface area contributed by atoms with Gasteiger partial charge in [-0.05, 0) is 30.3 Å². The van der Waals surface area contributed by atoms with Gasteiger partial charge < -0.3 is 14.8 Å². The molecule has 0 saturated heterocycles. The Morgan fingerprint density at radius 1 is 1.40 bits per heavy atom. The summed E-state index contributed by atoms with van der Waals surface area (Å²) >= 11 is 3.33. The zero-order chi connectivity index (χ0) is 17.8. The number of amides is 1. The monoisotopic (exact) mass is 405 g/mol. The average Bonchev–Trinajstić information content (AvgIpc) is 3.14. The molecule has 2 N–H and O–H groups in total. The Bertz CT molecular complexity index is 937. The first kappa shape index (κ1) is 17.4. The smallest absolute Gasteiger partial charge is 0.261 e. The predicted octanol–water partition coefficient (Wildman–Crippen LogP) is 1.99. The van der Waals surface area contributed by atoms with Crippen LogP contribution in [0.5, 0.6) is 0 Å². The molecule has 1 aromatic carbocycles. The Balaban J connectivity index is 1.59. The van der Waals surface area contributed by atoms with Crippen molar-refractivity contribution in [1.82, 2.24) is 14.9 Å². The van der Waals surface area contributed by atoms with Gasteiger partial charge in [-0.3, -0.25) is 14.2 Å². The third-order valence-corrected chi connectivity index (χ3v) is 4.22. The fourth-order valence-corrected chi connectivity index (χ4v) is 2.75. The standard InChI is InChI=1S/C17H16BrN3O4/c18-11-3-4-13-12(8-11)17(24)21(10-20-13)6-5-16(23)19-9-14(22)15-2-1-7-25-15/h1-4,7-8,10,14,22H,5-6,9H2,(H,19,23). The van der Waals surface area contributed by atoms with Crippen LogP contribution in [0.4, 0.5) is 0 Å². The second-order valence-electron chi connectivity index (χ2n) is 5.49. The summed E-state index contributed by atoms with van der Waals surface area (Å²) in [4.78, 5) is 28.6. The number of furan rings is 1. The van der Waals surface area contributed by atoms with Crippen molar-refractivity contribution in [2.24, 2.45) is 0 Å². The van der Waals surface area contributed by atoms with Crippen molar-refractivity contribution in [3.63, 3.8) is 0 Å². The lowest BCUT2D eigenvalue weighted by Gasteiger charge is -2.10. The Kier molecular flexibility index (Phi) is 5.30. The second-order valence-corrected chi connectivity index (χ2v) is 6.41. The van der Waals surface area contributed by atoms with Gasteiger partial charge in [-0.25, -0.2) is 4.98 Å². The number of nitrogens with one attached hydrogen (secondary N) is 1. The van der Waals surface area contributed by atoms with Crippen molar-refractivity contribution in [2.45, 2.75) is 19.1 Å². The van der Waals surface area contributed by atoms with Gasteiger partial charge in [0, 0.05) is 17.4 Å². The number of hydrogen-bond acceptors (Lipinski definition) is 5. The fourth-order valence-electron chi connectivity index (χ4n) is 2.39. The molecule has 1 atom stereocenters. The summed E-state index contributed by atoms with van der Waals surface area (Å²) in [5, 5.41) is 13.0. The number of nitrogens with zero attached hydrogens (tertiary/aromatic N) is 2. The Hall–Kier alpha value is -2.45. The van der Waals surface area contributed by atoms with Crippen molar-refractivity contribution in [3.05, 3.63) is 63.5 Å². The zero-order valence-corrected chi connectivity index (χ0v) is 14.8. The first-order valence-electron chi connectivity index (χ1n) is 7.67. The lowest BCUT2D eigenvalue weighted by molar-refractivity contribution is -0.121. The van der Waals surface area contributed by atoms with Crippen molar-refractivity contribution < 1.29 is 14.3 Å². The van der Waals surface area contributed by atoms with E-state index >= 15 is 0 Å². The van der Waals surface area contributed by atoms with Gasteiger partial charge in [-0.2, -0.15) is 0 Å². The predicted molar refractivity (Wildman–Crippen MR) is 95.0 cm³/mol. The lowest BCUT2D eigenvalue weighted by Crippen LogP contribution is -2.30.